The number of rotatable bonds is 4. The third kappa shape index (κ3) is 3.68. The number of phenolic OH excluding ortho intramolecular Hbond substituents is 2. The molecule has 0 aliphatic carbocycles. The monoisotopic (exact) mass is 308 g/mol. The number of aromatic hydroxyl groups is 2. The average molecular weight is 308 g/mol. The molecule has 6 nitrogen and oxygen atoms in total. The van der Waals surface area contributed by atoms with Crippen LogP contribution in [0.25, 0.3) is 0 Å². The molecule has 1 aromatic heterocycles. The van der Waals surface area contributed by atoms with E-state index in [9.17, 15) is 10.2 Å². The fourth-order valence-electron chi connectivity index (χ4n) is 2.06. The third-order valence-electron chi connectivity index (χ3n) is 3.18. The largest absolute Gasteiger partial charge is 0.508 e. The van der Waals surface area contributed by atoms with E-state index in [1.807, 2.05) is 19.1 Å². The van der Waals surface area contributed by atoms with Crippen molar-refractivity contribution in [1.82, 2.24) is 9.97 Å². The van der Waals surface area contributed by atoms with E-state index in [1.165, 1.54) is 0 Å². The minimum Gasteiger partial charge on any atom is -0.508 e. The molecule has 3 rings (SSSR count). The molecule has 0 fully saturated rings. The molecule has 0 bridgehead atoms. The Labute approximate surface area is 133 Å². The topological polar surface area (TPSA) is 90.3 Å². The molecule has 0 saturated heterocycles. The molecule has 116 valence electrons. The molecule has 0 unspecified atom stereocenters. The zero-order valence-corrected chi connectivity index (χ0v) is 12.5. The minimum absolute atomic E-state index is 0.167. The van der Waals surface area contributed by atoms with Crippen molar-refractivity contribution in [3.63, 3.8) is 0 Å². The third-order valence-corrected chi connectivity index (χ3v) is 3.18. The number of phenols is 2. The molecule has 0 aliphatic heterocycles. The van der Waals surface area contributed by atoms with Gasteiger partial charge in [-0.15, -0.1) is 0 Å². The van der Waals surface area contributed by atoms with Crippen molar-refractivity contribution < 1.29 is 10.2 Å². The van der Waals surface area contributed by atoms with Crippen molar-refractivity contribution in [2.24, 2.45) is 0 Å². The van der Waals surface area contributed by atoms with Gasteiger partial charge in [0.2, 0.25) is 5.95 Å². The number of nitrogens with zero attached hydrogens (tertiary/aromatic N) is 2. The zero-order chi connectivity index (χ0) is 16.2. The molecule has 0 radical (unpaired) electrons. The van der Waals surface area contributed by atoms with Crippen molar-refractivity contribution in [3.8, 4) is 11.5 Å². The van der Waals surface area contributed by atoms with Crippen LogP contribution in [-0.4, -0.2) is 20.2 Å². The standard InChI is InChI=1S/C17H16N4O2/c1-11-10-18-17(20-13-5-3-7-15(23)9-13)21-16(11)19-12-4-2-6-14(22)8-12/h2-10,22-23H,1H3,(H2,18,19,20,21). The number of benzene rings is 2. The highest BCUT2D eigenvalue weighted by Crippen LogP contribution is 2.24. The number of aromatic nitrogens is 2. The Morgan fingerprint density at radius 3 is 2.09 bits per heavy atom. The highest BCUT2D eigenvalue weighted by molar-refractivity contribution is 5.63. The second-order valence-electron chi connectivity index (χ2n) is 5.08. The van der Waals surface area contributed by atoms with Crippen molar-refractivity contribution >= 4 is 23.1 Å². The first-order valence-corrected chi connectivity index (χ1v) is 7.06. The molecule has 1 heterocycles. The van der Waals surface area contributed by atoms with E-state index in [1.54, 1.807) is 42.6 Å². The fourth-order valence-corrected chi connectivity index (χ4v) is 2.06. The summed E-state index contributed by atoms with van der Waals surface area (Å²) in [4.78, 5) is 8.66. The van der Waals surface area contributed by atoms with E-state index in [2.05, 4.69) is 20.6 Å². The smallest absolute Gasteiger partial charge is 0.229 e. The van der Waals surface area contributed by atoms with Crippen LogP contribution in [0.2, 0.25) is 0 Å². The van der Waals surface area contributed by atoms with Gasteiger partial charge in [0.1, 0.15) is 17.3 Å². The van der Waals surface area contributed by atoms with E-state index in [0.29, 0.717) is 17.5 Å². The Morgan fingerprint density at radius 2 is 1.48 bits per heavy atom. The van der Waals surface area contributed by atoms with Gasteiger partial charge in [0.15, 0.2) is 0 Å². The molecular formula is C17H16N4O2. The Balaban J connectivity index is 1.84. The van der Waals surface area contributed by atoms with Crippen LogP contribution in [0.5, 0.6) is 11.5 Å². The highest BCUT2D eigenvalue weighted by Gasteiger charge is 2.06. The van der Waals surface area contributed by atoms with E-state index < -0.39 is 0 Å². The van der Waals surface area contributed by atoms with Crippen molar-refractivity contribution in [1.29, 1.82) is 0 Å². The number of hydrogen-bond donors (Lipinski definition) is 4. The maximum absolute atomic E-state index is 9.53. The van der Waals surface area contributed by atoms with Gasteiger partial charge in [0.25, 0.3) is 0 Å². The second-order valence-corrected chi connectivity index (χ2v) is 5.08. The van der Waals surface area contributed by atoms with Crippen LogP contribution in [-0.2, 0) is 0 Å². The van der Waals surface area contributed by atoms with E-state index in [-0.39, 0.29) is 11.5 Å². The van der Waals surface area contributed by atoms with Gasteiger partial charge in [-0.05, 0) is 31.2 Å². The molecule has 0 atom stereocenters. The Hall–Kier alpha value is -3.28. The SMILES string of the molecule is Cc1cnc(Nc2cccc(O)c2)nc1Nc1cccc(O)c1. The van der Waals surface area contributed by atoms with Crippen molar-refractivity contribution in [2.45, 2.75) is 6.92 Å². The number of anilines is 4. The summed E-state index contributed by atoms with van der Waals surface area (Å²) in [6.45, 7) is 1.89. The summed E-state index contributed by atoms with van der Waals surface area (Å²) in [5.41, 5.74) is 2.29. The van der Waals surface area contributed by atoms with Gasteiger partial charge in [0, 0.05) is 35.3 Å². The maximum Gasteiger partial charge on any atom is 0.229 e. The van der Waals surface area contributed by atoms with Gasteiger partial charge in [0.05, 0.1) is 0 Å². The van der Waals surface area contributed by atoms with Crippen molar-refractivity contribution in [2.75, 3.05) is 10.6 Å². The van der Waals surface area contributed by atoms with E-state index in [0.717, 1.165) is 11.3 Å². The van der Waals surface area contributed by atoms with Crippen LogP contribution in [0.4, 0.5) is 23.1 Å². The number of hydrogen-bond acceptors (Lipinski definition) is 6. The van der Waals surface area contributed by atoms with Crippen LogP contribution < -0.4 is 10.6 Å². The summed E-state index contributed by atoms with van der Waals surface area (Å²) < 4.78 is 0. The first-order valence-electron chi connectivity index (χ1n) is 7.06. The maximum atomic E-state index is 9.53. The Bertz CT molecular complexity index is 836. The van der Waals surface area contributed by atoms with E-state index >= 15 is 0 Å². The molecule has 4 N–H and O–H groups in total. The van der Waals surface area contributed by atoms with Gasteiger partial charge in [-0.1, -0.05) is 12.1 Å². The first-order chi connectivity index (χ1) is 11.1. The van der Waals surface area contributed by atoms with E-state index in [4.69, 9.17) is 0 Å². The molecule has 23 heavy (non-hydrogen) atoms. The highest BCUT2D eigenvalue weighted by atomic mass is 16.3. The lowest BCUT2D eigenvalue weighted by Crippen LogP contribution is -2.02. The molecule has 0 spiro atoms. The Kier molecular flexibility index (Phi) is 3.97. The fraction of sp³-hybridized carbons (Fsp3) is 0.0588. The van der Waals surface area contributed by atoms with Gasteiger partial charge in [-0.2, -0.15) is 4.98 Å². The predicted molar refractivity (Wildman–Crippen MR) is 89.5 cm³/mol. The summed E-state index contributed by atoms with van der Waals surface area (Å²) in [6.07, 6.45) is 1.70. The summed E-state index contributed by atoms with van der Waals surface area (Å²) in [5.74, 6) is 1.39. The van der Waals surface area contributed by atoms with Gasteiger partial charge < -0.3 is 20.8 Å². The second kappa shape index (κ2) is 6.23. The van der Waals surface area contributed by atoms with Crippen LogP contribution in [0.1, 0.15) is 5.56 Å². The van der Waals surface area contributed by atoms with Crippen LogP contribution in [0.3, 0.4) is 0 Å². The predicted octanol–water partition coefficient (Wildman–Crippen LogP) is 3.68. The van der Waals surface area contributed by atoms with Gasteiger partial charge >= 0.3 is 0 Å². The molecule has 0 amide bonds. The minimum atomic E-state index is 0.167. The van der Waals surface area contributed by atoms with Crippen LogP contribution >= 0.6 is 0 Å². The lowest BCUT2D eigenvalue weighted by atomic mass is 10.3. The number of aryl methyl sites for hydroxylation is 1. The summed E-state index contributed by atoms with van der Waals surface area (Å²) in [6, 6.07) is 13.5. The molecule has 0 aliphatic rings. The number of nitrogens with one attached hydrogen (secondary N) is 2. The lowest BCUT2D eigenvalue weighted by Gasteiger charge is -2.11. The quantitative estimate of drug-likeness (QED) is 0.588. The first kappa shape index (κ1) is 14.6. The average Bonchev–Trinajstić information content (AvgIpc) is 2.51. The summed E-state index contributed by atoms with van der Waals surface area (Å²) in [7, 11) is 0. The van der Waals surface area contributed by atoms with Crippen LogP contribution in [0.15, 0.2) is 54.7 Å². The lowest BCUT2D eigenvalue weighted by molar-refractivity contribution is 0.475. The zero-order valence-electron chi connectivity index (χ0n) is 12.5. The van der Waals surface area contributed by atoms with Gasteiger partial charge in [-0.3, -0.25) is 0 Å². The summed E-state index contributed by atoms with van der Waals surface area (Å²) >= 11 is 0. The molecule has 3 aromatic rings. The van der Waals surface area contributed by atoms with Gasteiger partial charge in [-0.25, -0.2) is 4.98 Å². The summed E-state index contributed by atoms with van der Waals surface area (Å²) in [5, 5.41) is 25.2. The molecule has 6 heteroatoms. The Morgan fingerprint density at radius 1 is 0.870 bits per heavy atom. The normalized spacial score (nSPS) is 10.3. The van der Waals surface area contributed by atoms with Crippen molar-refractivity contribution in [3.05, 3.63) is 60.3 Å². The molecular weight excluding hydrogens is 292 g/mol. The molecule has 2 aromatic carbocycles. The molecule has 0 saturated carbocycles. The van der Waals surface area contributed by atoms with Crippen LogP contribution in [0, 0.1) is 6.92 Å².